The molecular formula is C31H39FN6O7S2. The van der Waals surface area contributed by atoms with Crippen LogP contribution in [-0.2, 0) is 42.2 Å². The minimum Gasteiger partial charge on any atom is -0.444 e. The van der Waals surface area contributed by atoms with Crippen LogP contribution in [0.1, 0.15) is 68.9 Å². The van der Waals surface area contributed by atoms with E-state index in [1.807, 2.05) is 12.2 Å². The molecule has 0 bridgehead atoms. The number of nitrogens with zero attached hydrogens (tertiary/aromatic N) is 2. The van der Waals surface area contributed by atoms with Crippen molar-refractivity contribution in [2.24, 2.45) is 11.7 Å². The molecule has 5 aliphatic rings. The van der Waals surface area contributed by atoms with Gasteiger partial charge in [0.1, 0.15) is 29.5 Å². The van der Waals surface area contributed by atoms with E-state index in [1.165, 1.54) is 15.9 Å². The molecule has 5 N–H and O–H groups in total. The fraction of sp³-hybridized carbons (Fsp3) is 0.581. The zero-order chi connectivity index (χ0) is 33.5. The van der Waals surface area contributed by atoms with Crippen molar-refractivity contribution in [2.45, 2.75) is 99.9 Å². The lowest BCUT2D eigenvalue weighted by atomic mass is 10.1. The first-order chi connectivity index (χ1) is 22.4. The third-order valence-corrected chi connectivity index (χ3v) is 11.5. The summed E-state index contributed by atoms with van der Waals surface area (Å²) in [7, 11) is -3.89. The van der Waals surface area contributed by atoms with Crippen LogP contribution >= 0.6 is 12.2 Å². The molecule has 2 saturated carbocycles. The number of hydrogen-bond donors (Lipinski definition) is 4. The van der Waals surface area contributed by atoms with Crippen LogP contribution in [-0.4, -0.2) is 82.7 Å². The van der Waals surface area contributed by atoms with Gasteiger partial charge in [0.2, 0.25) is 21.8 Å². The van der Waals surface area contributed by atoms with Crippen molar-refractivity contribution < 1.29 is 36.7 Å². The summed E-state index contributed by atoms with van der Waals surface area (Å²) >= 11 is 5.04. The molecule has 0 spiro atoms. The van der Waals surface area contributed by atoms with Crippen molar-refractivity contribution in [1.82, 2.24) is 25.2 Å². The van der Waals surface area contributed by atoms with E-state index in [9.17, 15) is 32.0 Å². The summed E-state index contributed by atoms with van der Waals surface area (Å²) in [5.74, 6) is -2.82. The smallest absolute Gasteiger partial charge is 0.410 e. The number of nitrogens with two attached hydrogens (primary N) is 1. The van der Waals surface area contributed by atoms with Gasteiger partial charge in [-0.05, 0) is 62.4 Å². The number of hydrogen-bond acceptors (Lipinski definition) is 8. The lowest BCUT2D eigenvalue weighted by molar-refractivity contribution is -0.141. The average Bonchev–Trinajstić information content (AvgIpc) is 3.89. The van der Waals surface area contributed by atoms with Gasteiger partial charge in [-0.3, -0.25) is 24.0 Å². The first-order valence-electron chi connectivity index (χ1n) is 16.0. The molecule has 254 valence electrons. The number of benzene rings is 1. The van der Waals surface area contributed by atoms with Gasteiger partial charge in [-0.25, -0.2) is 17.6 Å². The number of carbonyl (C=O) groups is 4. The van der Waals surface area contributed by atoms with E-state index < -0.39 is 74.5 Å². The Bertz CT molecular complexity index is 1620. The van der Waals surface area contributed by atoms with Crippen molar-refractivity contribution in [1.29, 1.82) is 0 Å². The van der Waals surface area contributed by atoms with Gasteiger partial charge in [0.05, 0.1) is 18.3 Å². The van der Waals surface area contributed by atoms with Gasteiger partial charge in [0.25, 0.3) is 5.91 Å². The van der Waals surface area contributed by atoms with Crippen molar-refractivity contribution in [3.05, 3.63) is 47.3 Å². The monoisotopic (exact) mass is 690 g/mol. The van der Waals surface area contributed by atoms with Crippen LogP contribution in [0.15, 0.2) is 30.4 Å². The molecule has 13 nitrogen and oxygen atoms in total. The van der Waals surface area contributed by atoms with Crippen molar-refractivity contribution in [2.75, 3.05) is 6.54 Å². The van der Waals surface area contributed by atoms with E-state index in [4.69, 9.17) is 22.7 Å². The number of allylic oxidation sites excluding steroid dienone is 1. The van der Waals surface area contributed by atoms with E-state index >= 15 is 0 Å². The van der Waals surface area contributed by atoms with Crippen LogP contribution in [0.4, 0.5) is 9.18 Å². The highest BCUT2D eigenvalue weighted by atomic mass is 32.2. The zero-order valence-corrected chi connectivity index (χ0v) is 27.4. The normalized spacial score (nSPS) is 30.1. The highest BCUT2D eigenvalue weighted by Gasteiger charge is 2.62. The molecule has 3 heterocycles. The highest BCUT2D eigenvalue weighted by molar-refractivity contribution is 7.91. The lowest BCUT2D eigenvalue weighted by Crippen LogP contribution is -2.58. The molecule has 47 heavy (non-hydrogen) atoms. The molecular weight excluding hydrogens is 652 g/mol. The Kier molecular flexibility index (Phi) is 9.17. The fourth-order valence-electron chi connectivity index (χ4n) is 6.75. The molecule has 1 saturated heterocycles. The number of carbonyl (C=O) groups excluding carboxylic acids is 4. The van der Waals surface area contributed by atoms with Gasteiger partial charge in [-0.2, -0.15) is 0 Å². The summed E-state index contributed by atoms with van der Waals surface area (Å²) in [4.78, 5) is 57.4. The maximum Gasteiger partial charge on any atom is 0.410 e. The number of ether oxygens (including phenoxy) is 1. The molecule has 5 atom stereocenters. The van der Waals surface area contributed by atoms with Gasteiger partial charge >= 0.3 is 6.09 Å². The van der Waals surface area contributed by atoms with Crippen LogP contribution in [0.5, 0.6) is 0 Å². The van der Waals surface area contributed by atoms with E-state index in [1.54, 1.807) is 12.1 Å². The van der Waals surface area contributed by atoms with E-state index in [0.29, 0.717) is 43.2 Å². The van der Waals surface area contributed by atoms with Gasteiger partial charge in [0, 0.05) is 24.4 Å². The van der Waals surface area contributed by atoms with Crippen LogP contribution < -0.4 is 21.1 Å². The summed E-state index contributed by atoms with van der Waals surface area (Å²) in [6, 6.07) is 2.64. The number of sulfonamides is 1. The summed E-state index contributed by atoms with van der Waals surface area (Å²) < 4.78 is 47.6. The first kappa shape index (κ1) is 33.1. The molecule has 3 fully saturated rings. The third kappa shape index (κ3) is 7.08. The number of nitrogens with one attached hydrogen (secondary N) is 3. The predicted octanol–water partition coefficient (Wildman–Crippen LogP) is 1.45. The van der Waals surface area contributed by atoms with Crippen LogP contribution in [0.25, 0.3) is 0 Å². The quantitative estimate of drug-likeness (QED) is 0.261. The molecule has 1 aromatic carbocycles. The Hall–Kier alpha value is -3.79. The van der Waals surface area contributed by atoms with Crippen molar-refractivity contribution in [3.63, 3.8) is 0 Å². The summed E-state index contributed by atoms with van der Waals surface area (Å²) in [5.41, 5.74) is 5.32. The van der Waals surface area contributed by atoms with Crippen molar-refractivity contribution >= 4 is 51.2 Å². The summed E-state index contributed by atoms with van der Waals surface area (Å²) in [6.07, 6.45) is 6.57. The second-order valence-corrected chi connectivity index (χ2v) is 15.5. The number of rotatable bonds is 5. The third-order valence-electron chi connectivity index (χ3n) is 9.61. The second kappa shape index (κ2) is 13.0. The molecule has 16 heteroatoms. The summed E-state index contributed by atoms with van der Waals surface area (Å²) in [5, 5.41) is 4.91. The first-order valence-corrected chi connectivity index (χ1v) is 18.0. The Morgan fingerprint density at radius 1 is 1.13 bits per heavy atom. The minimum absolute atomic E-state index is 0.0242. The SMILES string of the molecule is NC(=S)N[C@H]1CCCCC/C=C\[C@H]2C[C@@]2(C(=O)NS(=O)(=O)C2CC2)NC(=O)[C@@H]2C[C@@H](OC(=O)N3Cc4cccc(F)c4C3)CN2C1=O. The van der Waals surface area contributed by atoms with Gasteiger partial charge in [-0.1, -0.05) is 37.1 Å². The molecule has 0 aromatic heterocycles. The Morgan fingerprint density at radius 2 is 1.91 bits per heavy atom. The molecule has 4 amide bonds. The number of amides is 4. The number of halogens is 1. The largest absolute Gasteiger partial charge is 0.444 e. The topological polar surface area (TPSA) is 180 Å². The van der Waals surface area contributed by atoms with Crippen molar-refractivity contribution in [3.8, 4) is 0 Å². The Balaban J connectivity index is 1.24. The van der Waals surface area contributed by atoms with E-state index in [2.05, 4.69) is 15.4 Å². The van der Waals surface area contributed by atoms with Gasteiger partial charge in [0.15, 0.2) is 5.11 Å². The lowest BCUT2D eigenvalue weighted by Gasteiger charge is -2.30. The van der Waals surface area contributed by atoms with Crippen LogP contribution in [0.3, 0.4) is 0 Å². The molecule has 0 unspecified atom stereocenters. The maximum atomic E-state index is 14.3. The molecule has 2 aliphatic carbocycles. The Labute approximate surface area is 277 Å². The van der Waals surface area contributed by atoms with Crippen LogP contribution in [0.2, 0.25) is 0 Å². The van der Waals surface area contributed by atoms with Gasteiger partial charge < -0.3 is 26.0 Å². The maximum absolute atomic E-state index is 14.3. The second-order valence-electron chi connectivity index (χ2n) is 13.1. The number of thiocarbonyl (C=S) groups is 1. The zero-order valence-electron chi connectivity index (χ0n) is 25.8. The molecule has 1 aromatic rings. The molecule has 3 aliphatic heterocycles. The highest BCUT2D eigenvalue weighted by Crippen LogP contribution is 2.46. The molecule has 6 rings (SSSR count). The Morgan fingerprint density at radius 3 is 2.64 bits per heavy atom. The van der Waals surface area contributed by atoms with E-state index in [0.717, 1.165) is 12.8 Å². The average molecular weight is 691 g/mol. The van der Waals surface area contributed by atoms with Gasteiger partial charge in [-0.15, -0.1) is 0 Å². The summed E-state index contributed by atoms with van der Waals surface area (Å²) in [6.45, 7) is 0.0592. The van der Waals surface area contributed by atoms with Crippen LogP contribution in [0, 0.1) is 11.7 Å². The predicted molar refractivity (Wildman–Crippen MR) is 171 cm³/mol. The number of fused-ring (bicyclic) bond motifs is 3. The standard InChI is InChI=1S/C31H39FN6O7S2/c32-23-9-6-7-18-15-37(17-22(18)23)30(42)45-20-13-25-26(39)35-31(28(41)36-47(43,44)21-11-12-21)14-19(31)8-4-2-1-3-5-10-24(34-29(33)46)27(40)38(25)16-20/h4,6-9,19-21,24-25H,1-3,5,10-17H2,(H,35,39)(H,36,41)(H3,33,34,46)/b8-4-/t19-,20+,24-,25-,31+/m0/s1. The van der Waals surface area contributed by atoms with E-state index in [-0.39, 0.29) is 37.6 Å². The minimum atomic E-state index is -3.89. The fourth-order valence-corrected chi connectivity index (χ4v) is 8.25. The molecule has 0 radical (unpaired) electrons.